The molecule has 1 N–H and O–H groups in total. The third-order valence-corrected chi connectivity index (χ3v) is 6.05. The maximum atomic E-state index is 13.4. The molecule has 2 atom stereocenters. The predicted octanol–water partition coefficient (Wildman–Crippen LogP) is 3.33. The summed E-state index contributed by atoms with van der Waals surface area (Å²) >= 11 is 0. The van der Waals surface area contributed by atoms with Crippen molar-refractivity contribution in [1.29, 1.82) is 0 Å². The molecule has 2 aliphatic rings. The van der Waals surface area contributed by atoms with Gasteiger partial charge in [-0.2, -0.15) is 0 Å². The van der Waals surface area contributed by atoms with Crippen LogP contribution in [0, 0.1) is 0 Å². The summed E-state index contributed by atoms with van der Waals surface area (Å²) in [6.07, 6.45) is 1.87. The second-order valence-electron chi connectivity index (χ2n) is 8.26. The zero-order valence-corrected chi connectivity index (χ0v) is 17.8. The summed E-state index contributed by atoms with van der Waals surface area (Å²) in [6.45, 7) is 2.64. The molecule has 2 amide bonds. The third-order valence-electron chi connectivity index (χ3n) is 6.05. The summed E-state index contributed by atoms with van der Waals surface area (Å²) in [4.78, 5) is 44.0. The highest BCUT2D eigenvalue weighted by molar-refractivity contribution is 6.05. The third kappa shape index (κ3) is 3.67. The van der Waals surface area contributed by atoms with Gasteiger partial charge in [0.2, 0.25) is 11.9 Å². The molecule has 32 heavy (non-hydrogen) atoms. The molecule has 0 saturated carbocycles. The van der Waals surface area contributed by atoms with Gasteiger partial charge in [0.15, 0.2) is 5.78 Å². The molecule has 1 aromatic heterocycles. The highest BCUT2D eigenvalue weighted by Crippen LogP contribution is 2.37. The first-order chi connectivity index (χ1) is 15.5. The molecule has 1 saturated heterocycles. The summed E-state index contributed by atoms with van der Waals surface area (Å²) in [6, 6.07) is 13.7. The van der Waals surface area contributed by atoms with E-state index in [-0.39, 0.29) is 30.1 Å². The largest absolute Gasteiger partial charge is 0.376 e. The van der Waals surface area contributed by atoms with Crippen LogP contribution >= 0.6 is 0 Å². The number of hydrogen-bond donors (Lipinski definition) is 1. The van der Waals surface area contributed by atoms with Gasteiger partial charge in [0.25, 0.3) is 5.91 Å². The highest BCUT2D eigenvalue weighted by Gasteiger charge is 2.42. The second kappa shape index (κ2) is 8.20. The summed E-state index contributed by atoms with van der Waals surface area (Å²) < 4.78 is 7.61. The van der Waals surface area contributed by atoms with Crippen LogP contribution < -0.4 is 10.2 Å². The van der Waals surface area contributed by atoms with E-state index in [0.717, 1.165) is 23.9 Å². The van der Waals surface area contributed by atoms with Crippen molar-refractivity contribution in [3.05, 3.63) is 54.1 Å². The molecule has 0 unspecified atom stereocenters. The Kier molecular flexibility index (Phi) is 5.22. The molecule has 0 radical (unpaired) electrons. The maximum Gasteiger partial charge on any atom is 0.253 e. The van der Waals surface area contributed by atoms with Gasteiger partial charge in [-0.3, -0.25) is 23.9 Å². The Hall–Kier alpha value is -3.52. The van der Waals surface area contributed by atoms with Crippen LogP contribution in [-0.4, -0.2) is 46.4 Å². The van der Waals surface area contributed by atoms with E-state index in [1.54, 1.807) is 29.2 Å². The van der Waals surface area contributed by atoms with Gasteiger partial charge in [-0.1, -0.05) is 12.1 Å². The Balaban J connectivity index is 1.40. The van der Waals surface area contributed by atoms with E-state index in [4.69, 9.17) is 4.74 Å². The lowest BCUT2D eigenvalue weighted by molar-refractivity contribution is -0.124. The standard InChI is InChI=1S/C24H24N4O4/c1-15(29)16-8-10-17(11-9-16)25-22(30)13-21-23(31)27(14-18-5-4-12-32-18)24-26-19-6-2-3-7-20(19)28(21)24/h2-3,6-11,18,21H,4-5,12-14H2,1H3,(H,25,30)/t18-,21+/m1/s1. The number of anilines is 2. The molecule has 8 heteroatoms. The Bertz CT molecular complexity index is 1190. The first-order valence-electron chi connectivity index (χ1n) is 10.8. The van der Waals surface area contributed by atoms with Gasteiger partial charge in [0.1, 0.15) is 6.04 Å². The van der Waals surface area contributed by atoms with E-state index in [2.05, 4.69) is 10.3 Å². The number of carbonyl (C=O) groups excluding carboxylic acids is 3. The van der Waals surface area contributed by atoms with Crippen molar-refractivity contribution in [1.82, 2.24) is 9.55 Å². The van der Waals surface area contributed by atoms with Crippen molar-refractivity contribution in [2.24, 2.45) is 0 Å². The van der Waals surface area contributed by atoms with Crippen molar-refractivity contribution in [3.8, 4) is 0 Å². The fraction of sp³-hybridized carbons (Fsp3) is 0.333. The minimum Gasteiger partial charge on any atom is -0.376 e. The number of aromatic nitrogens is 2. The van der Waals surface area contributed by atoms with Crippen molar-refractivity contribution in [2.75, 3.05) is 23.4 Å². The van der Waals surface area contributed by atoms with Crippen molar-refractivity contribution < 1.29 is 19.1 Å². The average Bonchev–Trinajstić information content (AvgIpc) is 3.48. The van der Waals surface area contributed by atoms with Gasteiger partial charge in [-0.15, -0.1) is 0 Å². The Morgan fingerprint density at radius 1 is 1.16 bits per heavy atom. The summed E-state index contributed by atoms with van der Waals surface area (Å²) in [5.41, 5.74) is 2.78. The number of para-hydroxylation sites is 2. The number of ether oxygens (including phenoxy) is 1. The molecule has 2 aromatic carbocycles. The molecule has 0 aliphatic carbocycles. The smallest absolute Gasteiger partial charge is 0.253 e. The molecular formula is C24H24N4O4. The van der Waals surface area contributed by atoms with Crippen LogP contribution in [0.4, 0.5) is 11.6 Å². The van der Waals surface area contributed by atoms with Crippen molar-refractivity contribution in [2.45, 2.75) is 38.3 Å². The van der Waals surface area contributed by atoms with Crippen LogP contribution in [0.15, 0.2) is 48.5 Å². The van der Waals surface area contributed by atoms with E-state index in [0.29, 0.717) is 30.4 Å². The molecule has 8 nitrogen and oxygen atoms in total. The minimum atomic E-state index is -0.671. The molecule has 3 heterocycles. The lowest BCUT2D eigenvalue weighted by atomic mass is 10.1. The second-order valence-corrected chi connectivity index (χ2v) is 8.26. The monoisotopic (exact) mass is 432 g/mol. The first kappa shape index (κ1) is 20.4. The molecule has 164 valence electrons. The van der Waals surface area contributed by atoms with Crippen LogP contribution in [0.25, 0.3) is 11.0 Å². The number of hydrogen-bond acceptors (Lipinski definition) is 5. The highest BCUT2D eigenvalue weighted by atomic mass is 16.5. The van der Waals surface area contributed by atoms with Crippen LogP contribution in [0.2, 0.25) is 0 Å². The van der Waals surface area contributed by atoms with Gasteiger partial charge in [0, 0.05) is 17.9 Å². The number of ketones is 1. The van der Waals surface area contributed by atoms with Gasteiger partial charge >= 0.3 is 0 Å². The number of fused-ring (bicyclic) bond motifs is 3. The summed E-state index contributed by atoms with van der Waals surface area (Å²) in [7, 11) is 0. The SMILES string of the molecule is CC(=O)c1ccc(NC(=O)C[C@H]2C(=O)N(C[C@H]3CCCO3)c3nc4ccccc4n32)cc1. The summed E-state index contributed by atoms with van der Waals surface area (Å²) in [5, 5.41) is 2.84. The number of nitrogens with one attached hydrogen (secondary N) is 1. The number of nitrogens with zero attached hydrogens (tertiary/aromatic N) is 3. The maximum absolute atomic E-state index is 13.4. The van der Waals surface area contributed by atoms with Crippen LogP contribution in [0.1, 0.15) is 42.6 Å². The van der Waals surface area contributed by atoms with Crippen molar-refractivity contribution in [3.63, 3.8) is 0 Å². The normalized spacial score (nSPS) is 20.0. The summed E-state index contributed by atoms with van der Waals surface area (Å²) in [5.74, 6) is 0.109. The van der Waals surface area contributed by atoms with E-state index >= 15 is 0 Å². The van der Waals surface area contributed by atoms with Gasteiger partial charge in [-0.05, 0) is 56.2 Å². The Morgan fingerprint density at radius 3 is 2.66 bits per heavy atom. The van der Waals surface area contributed by atoms with E-state index in [1.807, 2.05) is 28.8 Å². The number of rotatable bonds is 6. The number of amides is 2. The number of carbonyl (C=O) groups is 3. The lowest BCUT2D eigenvalue weighted by Gasteiger charge is -2.19. The van der Waals surface area contributed by atoms with E-state index in [9.17, 15) is 14.4 Å². The molecule has 0 spiro atoms. The van der Waals surface area contributed by atoms with Crippen LogP contribution in [0.5, 0.6) is 0 Å². The van der Waals surface area contributed by atoms with Crippen LogP contribution in [0.3, 0.4) is 0 Å². The topological polar surface area (TPSA) is 93.5 Å². The van der Waals surface area contributed by atoms with Gasteiger partial charge in [0.05, 0.1) is 30.1 Å². The predicted molar refractivity (Wildman–Crippen MR) is 120 cm³/mol. The molecule has 2 aliphatic heterocycles. The minimum absolute atomic E-state index is 0.0112. The molecule has 0 bridgehead atoms. The Labute approximate surface area is 185 Å². The van der Waals surface area contributed by atoms with Gasteiger partial charge < -0.3 is 10.1 Å². The van der Waals surface area contributed by atoms with Crippen LogP contribution in [-0.2, 0) is 14.3 Å². The van der Waals surface area contributed by atoms with E-state index in [1.165, 1.54) is 6.92 Å². The van der Waals surface area contributed by atoms with E-state index < -0.39 is 6.04 Å². The fourth-order valence-corrected chi connectivity index (χ4v) is 4.44. The van der Waals surface area contributed by atoms with Gasteiger partial charge in [-0.25, -0.2) is 4.98 Å². The number of Topliss-reactive ketones (excluding diaryl/α,β-unsaturated/α-hetero) is 1. The quantitative estimate of drug-likeness (QED) is 0.603. The zero-order chi connectivity index (χ0) is 22.2. The average molecular weight is 432 g/mol. The first-order valence-corrected chi connectivity index (χ1v) is 10.8. The molecule has 5 rings (SSSR count). The fourth-order valence-electron chi connectivity index (χ4n) is 4.44. The number of benzene rings is 2. The molecule has 1 fully saturated rings. The molecular weight excluding hydrogens is 408 g/mol. The molecule has 3 aromatic rings. The zero-order valence-electron chi connectivity index (χ0n) is 17.8. The van der Waals surface area contributed by atoms with Crippen molar-refractivity contribution >= 4 is 40.3 Å². The lowest BCUT2D eigenvalue weighted by Crippen LogP contribution is -2.37. The number of imidazole rings is 1. The Morgan fingerprint density at radius 2 is 1.94 bits per heavy atom.